The first kappa shape index (κ1) is 12.0. The second-order valence-electron chi connectivity index (χ2n) is 3.89. The fourth-order valence-corrected chi connectivity index (χ4v) is 1.60. The lowest BCUT2D eigenvalue weighted by molar-refractivity contribution is 0.183. The van der Waals surface area contributed by atoms with Crippen LogP contribution in [0.1, 0.15) is 11.1 Å². The lowest BCUT2D eigenvalue weighted by atomic mass is 10.2. The standard InChI is InChI=1S/C15H14O3/c1-11-7-5-6-10-13(11)18-14(15(16)17)12-8-3-2-4-9-12/h2-10,16-17H,1H3. The Morgan fingerprint density at radius 2 is 1.50 bits per heavy atom. The van der Waals surface area contributed by atoms with Crippen molar-refractivity contribution in [1.82, 2.24) is 0 Å². The Morgan fingerprint density at radius 3 is 2.11 bits per heavy atom. The second kappa shape index (κ2) is 5.27. The topological polar surface area (TPSA) is 49.7 Å². The van der Waals surface area contributed by atoms with Crippen molar-refractivity contribution in [2.24, 2.45) is 0 Å². The van der Waals surface area contributed by atoms with Gasteiger partial charge < -0.3 is 14.9 Å². The van der Waals surface area contributed by atoms with Crippen molar-refractivity contribution in [3.63, 3.8) is 0 Å². The molecule has 0 unspecified atom stereocenters. The number of ether oxygens (including phenoxy) is 1. The fraction of sp³-hybridized carbons (Fsp3) is 0.0667. The van der Waals surface area contributed by atoms with Crippen molar-refractivity contribution in [1.29, 1.82) is 0 Å². The highest BCUT2D eigenvalue weighted by molar-refractivity contribution is 5.62. The van der Waals surface area contributed by atoms with Crippen LogP contribution in [-0.4, -0.2) is 10.2 Å². The van der Waals surface area contributed by atoms with Gasteiger partial charge in [-0.2, -0.15) is 0 Å². The van der Waals surface area contributed by atoms with Gasteiger partial charge in [0.2, 0.25) is 5.76 Å². The van der Waals surface area contributed by atoms with Gasteiger partial charge in [0.1, 0.15) is 5.75 Å². The highest BCUT2D eigenvalue weighted by atomic mass is 16.5. The molecule has 0 bridgehead atoms. The molecule has 0 aliphatic carbocycles. The molecule has 0 fully saturated rings. The zero-order valence-corrected chi connectivity index (χ0v) is 10.00. The van der Waals surface area contributed by atoms with E-state index in [0.717, 1.165) is 5.56 Å². The summed E-state index contributed by atoms with van der Waals surface area (Å²) < 4.78 is 5.57. The summed E-state index contributed by atoms with van der Waals surface area (Å²) in [4.78, 5) is 0. The molecule has 0 radical (unpaired) electrons. The SMILES string of the molecule is Cc1ccccc1OC(=C(O)O)c1ccccc1. The molecule has 18 heavy (non-hydrogen) atoms. The van der Waals surface area contributed by atoms with E-state index < -0.39 is 5.95 Å². The van der Waals surface area contributed by atoms with Gasteiger partial charge in [0.15, 0.2) is 0 Å². The van der Waals surface area contributed by atoms with E-state index in [1.807, 2.05) is 31.2 Å². The first-order chi connectivity index (χ1) is 8.68. The quantitative estimate of drug-likeness (QED) is 0.804. The summed E-state index contributed by atoms with van der Waals surface area (Å²) in [5, 5.41) is 18.7. The number of aliphatic hydroxyl groups is 2. The van der Waals surface area contributed by atoms with Gasteiger partial charge in [-0.25, -0.2) is 0 Å². The maximum Gasteiger partial charge on any atom is 0.319 e. The molecular weight excluding hydrogens is 228 g/mol. The van der Waals surface area contributed by atoms with Crippen molar-refractivity contribution in [2.75, 3.05) is 0 Å². The van der Waals surface area contributed by atoms with Crippen molar-refractivity contribution < 1.29 is 14.9 Å². The number of aryl methyl sites for hydroxylation is 1. The lowest BCUT2D eigenvalue weighted by Crippen LogP contribution is -2.00. The molecule has 0 saturated carbocycles. The molecule has 0 aliphatic rings. The summed E-state index contributed by atoms with van der Waals surface area (Å²) in [6, 6.07) is 16.4. The van der Waals surface area contributed by atoms with Crippen LogP contribution in [0.5, 0.6) is 5.75 Å². The monoisotopic (exact) mass is 242 g/mol. The maximum absolute atomic E-state index is 9.33. The highest BCUT2D eigenvalue weighted by Crippen LogP contribution is 2.25. The molecule has 0 amide bonds. The Balaban J connectivity index is 2.36. The molecule has 0 heterocycles. The van der Waals surface area contributed by atoms with Gasteiger partial charge >= 0.3 is 5.95 Å². The van der Waals surface area contributed by atoms with Gasteiger partial charge in [0.25, 0.3) is 0 Å². The van der Waals surface area contributed by atoms with Gasteiger partial charge in [0, 0.05) is 5.56 Å². The average molecular weight is 242 g/mol. The highest BCUT2D eigenvalue weighted by Gasteiger charge is 2.11. The van der Waals surface area contributed by atoms with Crippen LogP contribution in [0.15, 0.2) is 60.5 Å². The van der Waals surface area contributed by atoms with E-state index in [2.05, 4.69) is 0 Å². The van der Waals surface area contributed by atoms with Crippen LogP contribution < -0.4 is 4.74 Å². The predicted octanol–water partition coefficient (Wildman–Crippen LogP) is 3.82. The van der Waals surface area contributed by atoms with E-state index in [-0.39, 0.29) is 5.76 Å². The first-order valence-corrected chi connectivity index (χ1v) is 5.59. The summed E-state index contributed by atoms with van der Waals surface area (Å²) in [6.07, 6.45) is 0. The van der Waals surface area contributed by atoms with Crippen molar-refractivity contribution >= 4 is 5.76 Å². The van der Waals surface area contributed by atoms with Gasteiger partial charge in [-0.3, -0.25) is 0 Å². The molecule has 2 aromatic carbocycles. The molecule has 92 valence electrons. The molecule has 0 spiro atoms. The number of rotatable bonds is 3. The lowest BCUT2D eigenvalue weighted by Gasteiger charge is -2.11. The van der Waals surface area contributed by atoms with Crippen LogP contribution in [0.3, 0.4) is 0 Å². The van der Waals surface area contributed by atoms with E-state index in [1.165, 1.54) is 0 Å². The molecule has 2 aromatic rings. The van der Waals surface area contributed by atoms with Crippen molar-refractivity contribution in [2.45, 2.75) is 6.92 Å². The van der Waals surface area contributed by atoms with Crippen LogP contribution in [0.2, 0.25) is 0 Å². The van der Waals surface area contributed by atoms with Crippen LogP contribution in [0, 0.1) is 6.92 Å². The van der Waals surface area contributed by atoms with Crippen LogP contribution in [-0.2, 0) is 0 Å². The van der Waals surface area contributed by atoms with Crippen molar-refractivity contribution in [3.8, 4) is 5.75 Å². The van der Waals surface area contributed by atoms with Gasteiger partial charge in [-0.05, 0) is 18.6 Å². The molecule has 3 nitrogen and oxygen atoms in total. The second-order valence-corrected chi connectivity index (χ2v) is 3.89. The Morgan fingerprint density at radius 1 is 0.889 bits per heavy atom. The summed E-state index contributed by atoms with van der Waals surface area (Å²) in [7, 11) is 0. The summed E-state index contributed by atoms with van der Waals surface area (Å²) in [5.74, 6) is -0.189. The third-order valence-electron chi connectivity index (χ3n) is 2.54. The molecule has 2 rings (SSSR count). The van der Waals surface area contributed by atoms with Gasteiger partial charge in [-0.1, -0.05) is 48.5 Å². The number of hydrogen-bond donors (Lipinski definition) is 2. The number of benzene rings is 2. The van der Waals surface area contributed by atoms with Crippen LogP contribution in [0.25, 0.3) is 5.76 Å². The first-order valence-electron chi connectivity index (χ1n) is 5.59. The third kappa shape index (κ3) is 2.63. The summed E-state index contributed by atoms with van der Waals surface area (Å²) in [6.45, 7) is 1.90. The van der Waals surface area contributed by atoms with Crippen molar-refractivity contribution in [3.05, 3.63) is 71.7 Å². The minimum atomic E-state index is -0.829. The molecule has 0 saturated heterocycles. The van der Waals surface area contributed by atoms with E-state index in [9.17, 15) is 10.2 Å². The number of hydrogen-bond acceptors (Lipinski definition) is 3. The minimum absolute atomic E-state index is 0.0462. The normalized spacial score (nSPS) is 9.83. The molecule has 3 heteroatoms. The molecular formula is C15H14O3. The Bertz CT molecular complexity index is 555. The molecule has 0 atom stereocenters. The Labute approximate surface area is 106 Å². The van der Waals surface area contributed by atoms with E-state index in [1.54, 1.807) is 30.3 Å². The largest absolute Gasteiger partial charge is 0.478 e. The van der Waals surface area contributed by atoms with E-state index >= 15 is 0 Å². The molecule has 0 aliphatic heterocycles. The zero-order chi connectivity index (χ0) is 13.0. The third-order valence-corrected chi connectivity index (χ3v) is 2.54. The number of aliphatic hydroxyl groups excluding tert-OH is 1. The van der Waals surface area contributed by atoms with Gasteiger partial charge in [0.05, 0.1) is 0 Å². The van der Waals surface area contributed by atoms with E-state index in [0.29, 0.717) is 11.3 Å². The predicted molar refractivity (Wildman–Crippen MR) is 70.4 cm³/mol. The average Bonchev–Trinajstić information content (AvgIpc) is 2.38. The Kier molecular flexibility index (Phi) is 3.53. The van der Waals surface area contributed by atoms with Gasteiger partial charge in [-0.15, -0.1) is 0 Å². The van der Waals surface area contributed by atoms with Crippen LogP contribution in [0.4, 0.5) is 0 Å². The maximum atomic E-state index is 9.33. The Hall–Kier alpha value is -2.42. The molecule has 2 N–H and O–H groups in total. The smallest absolute Gasteiger partial charge is 0.319 e. The molecule has 0 aromatic heterocycles. The minimum Gasteiger partial charge on any atom is -0.478 e. The van der Waals surface area contributed by atoms with E-state index in [4.69, 9.17) is 4.74 Å². The fourth-order valence-electron chi connectivity index (χ4n) is 1.60. The zero-order valence-electron chi connectivity index (χ0n) is 10.00. The summed E-state index contributed by atoms with van der Waals surface area (Å²) in [5.41, 5.74) is 1.54. The van der Waals surface area contributed by atoms with Crippen LogP contribution >= 0.6 is 0 Å². The number of para-hydroxylation sites is 1. The summed E-state index contributed by atoms with van der Waals surface area (Å²) >= 11 is 0.